The van der Waals surface area contributed by atoms with E-state index in [0.29, 0.717) is 0 Å². The van der Waals surface area contributed by atoms with Gasteiger partial charge < -0.3 is 24.1 Å². The fourth-order valence-electron chi connectivity index (χ4n) is 4.75. The van der Waals surface area contributed by atoms with Gasteiger partial charge in [-0.05, 0) is 24.1 Å². The summed E-state index contributed by atoms with van der Waals surface area (Å²) in [5, 5.41) is 0.985. The van der Waals surface area contributed by atoms with Crippen molar-refractivity contribution in [1.82, 2.24) is 9.88 Å². The number of hydrogen-bond donors (Lipinski definition) is 1. The van der Waals surface area contributed by atoms with Crippen LogP contribution in [0.1, 0.15) is 42.6 Å². The van der Waals surface area contributed by atoms with Crippen molar-refractivity contribution in [1.29, 1.82) is 0 Å². The van der Waals surface area contributed by atoms with Crippen LogP contribution in [0.15, 0.2) is 54.6 Å². The molecular formula is C27H30N2O6. The van der Waals surface area contributed by atoms with Crippen LogP contribution in [0.25, 0.3) is 10.9 Å². The third kappa shape index (κ3) is 5.28. The second-order valence-electron chi connectivity index (χ2n) is 8.71. The van der Waals surface area contributed by atoms with Crippen molar-refractivity contribution in [3.8, 4) is 0 Å². The number of benzene rings is 2. The average Bonchev–Trinajstić information content (AvgIpc) is 3.24. The van der Waals surface area contributed by atoms with Crippen LogP contribution in [0.4, 0.5) is 0 Å². The van der Waals surface area contributed by atoms with E-state index in [4.69, 9.17) is 14.2 Å². The Morgan fingerprint density at radius 3 is 2.40 bits per heavy atom. The molecule has 0 fully saturated rings. The zero-order valence-corrected chi connectivity index (χ0v) is 20.2. The summed E-state index contributed by atoms with van der Waals surface area (Å²) in [6, 6.07) is 15.7. The first kappa shape index (κ1) is 24.6. The predicted molar refractivity (Wildman–Crippen MR) is 129 cm³/mol. The van der Waals surface area contributed by atoms with Crippen molar-refractivity contribution in [2.75, 3.05) is 14.2 Å². The molecule has 1 aliphatic heterocycles. The summed E-state index contributed by atoms with van der Waals surface area (Å²) in [5.41, 5.74) is 3.52. The second-order valence-corrected chi connectivity index (χ2v) is 8.71. The zero-order valence-electron chi connectivity index (χ0n) is 20.2. The minimum Gasteiger partial charge on any atom is -0.459 e. The quantitative estimate of drug-likeness (QED) is 0.286. The number of carbonyl (C=O) groups excluding carboxylic acids is 3. The lowest BCUT2D eigenvalue weighted by molar-refractivity contribution is -0.164. The Kier molecular flexibility index (Phi) is 7.63. The van der Waals surface area contributed by atoms with Gasteiger partial charge in [-0.1, -0.05) is 48.5 Å². The van der Waals surface area contributed by atoms with Crippen molar-refractivity contribution >= 4 is 28.6 Å². The number of methoxy groups -OCH3 is 2. The maximum Gasteiger partial charge on any atom is 0.329 e. The molecule has 1 unspecified atom stereocenters. The Hall–Kier alpha value is -3.49. The average molecular weight is 479 g/mol. The summed E-state index contributed by atoms with van der Waals surface area (Å²) >= 11 is 0. The number of aromatic amines is 1. The van der Waals surface area contributed by atoms with Gasteiger partial charge in [0.25, 0.3) is 0 Å². The molecule has 35 heavy (non-hydrogen) atoms. The molecule has 184 valence electrons. The Balaban J connectivity index is 1.75. The van der Waals surface area contributed by atoms with E-state index in [2.05, 4.69) is 4.98 Å². The molecule has 0 bridgehead atoms. The van der Waals surface area contributed by atoms with E-state index in [1.165, 1.54) is 26.0 Å². The van der Waals surface area contributed by atoms with Crippen molar-refractivity contribution in [2.24, 2.45) is 0 Å². The molecule has 8 nitrogen and oxygen atoms in total. The highest BCUT2D eigenvalue weighted by atomic mass is 16.7. The number of H-pyrrole nitrogens is 1. The van der Waals surface area contributed by atoms with Gasteiger partial charge in [0, 0.05) is 43.7 Å². The Morgan fingerprint density at radius 1 is 1.03 bits per heavy atom. The zero-order chi connectivity index (χ0) is 24.9. The van der Waals surface area contributed by atoms with Crippen LogP contribution in [-0.4, -0.2) is 54.1 Å². The largest absolute Gasteiger partial charge is 0.459 e. The van der Waals surface area contributed by atoms with Gasteiger partial charge >= 0.3 is 5.97 Å². The van der Waals surface area contributed by atoms with Crippen molar-refractivity contribution in [2.45, 2.75) is 51.2 Å². The number of nitrogens with one attached hydrogen (secondary N) is 1. The van der Waals surface area contributed by atoms with Crippen LogP contribution in [0.5, 0.6) is 0 Å². The molecule has 1 N–H and O–H groups in total. The Morgan fingerprint density at radius 2 is 1.71 bits per heavy atom. The summed E-state index contributed by atoms with van der Waals surface area (Å²) in [6.45, 7) is 1.45. The normalized spacial score (nSPS) is 17.4. The third-order valence-corrected chi connectivity index (χ3v) is 6.37. The number of esters is 1. The van der Waals surface area contributed by atoms with Gasteiger partial charge in [0.1, 0.15) is 18.4 Å². The number of para-hydroxylation sites is 1. The molecule has 1 aromatic heterocycles. The van der Waals surface area contributed by atoms with Gasteiger partial charge in [-0.3, -0.25) is 9.59 Å². The fraction of sp³-hybridized carbons (Fsp3) is 0.370. The van der Waals surface area contributed by atoms with E-state index in [1.54, 1.807) is 0 Å². The molecule has 2 aromatic carbocycles. The summed E-state index contributed by atoms with van der Waals surface area (Å²) in [7, 11) is 3.05. The van der Waals surface area contributed by atoms with Crippen LogP contribution < -0.4 is 0 Å². The first-order valence-electron chi connectivity index (χ1n) is 11.6. The van der Waals surface area contributed by atoms with E-state index >= 15 is 0 Å². The third-order valence-electron chi connectivity index (χ3n) is 6.37. The number of amides is 1. The highest BCUT2D eigenvalue weighted by molar-refractivity contribution is 5.99. The number of rotatable bonds is 9. The molecule has 0 saturated heterocycles. The van der Waals surface area contributed by atoms with Crippen molar-refractivity contribution in [3.63, 3.8) is 0 Å². The topological polar surface area (TPSA) is 97.9 Å². The number of Topliss-reactive ketones (excluding diaryl/α,β-unsaturated/α-hetero) is 1. The minimum atomic E-state index is -0.892. The maximum absolute atomic E-state index is 13.4. The number of carbonyl (C=O) groups is 3. The second kappa shape index (κ2) is 10.8. The summed E-state index contributed by atoms with van der Waals surface area (Å²) in [5.74, 6) is -1.22. The van der Waals surface area contributed by atoms with Crippen LogP contribution in [0.3, 0.4) is 0 Å². The smallest absolute Gasteiger partial charge is 0.329 e. The summed E-state index contributed by atoms with van der Waals surface area (Å²) in [4.78, 5) is 43.6. The van der Waals surface area contributed by atoms with Crippen LogP contribution in [-0.2, 0) is 41.6 Å². The molecule has 0 aliphatic carbocycles. The fourth-order valence-corrected chi connectivity index (χ4v) is 4.75. The standard InChI is InChI=1S/C27H30N2O6/c1-17(30)13-24(31)29-22(15-25(33-2)34-3)26-20(19-11-7-8-12-21(19)28-26)14-23(29)27(32)35-16-18-9-5-4-6-10-18/h4-12,22-23,25,28H,13-16H2,1-3H3/t22?,23-/m0/s1. The molecular weight excluding hydrogens is 448 g/mol. The molecule has 4 rings (SSSR count). The Bertz CT molecular complexity index is 1200. The number of nitrogens with zero attached hydrogens (tertiary/aromatic N) is 1. The number of ketones is 1. The maximum atomic E-state index is 13.4. The van der Waals surface area contributed by atoms with E-state index in [1.807, 2.05) is 54.6 Å². The lowest BCUT2D eigenvalue weighted by Crippen LogP contribution is -2.52. The van der Waals surface area contributed by atoms with Gasteiger partial charge in [-0.25, -0.2) is 4.79 Å². The number of hydrogen-bond acceptors (Lipinski definition) is 6. The molecule has 3 aromatic rings. The minimum absolute atomic E-state index is 0.0923. The van der Waals surface area contributed by atoms with Gasteiger partial charge in [-0.15, -0.1) is 0 Å². The first-order valence-corrected chi connectivity index (χ1v) is 11.6. The van der Waals surface area contributed by atoms with E-state index in [0.717, 1.165) is 27.7 Å². The van der Waals surface area contributed by atoms with E-state index < -0.39 is 30.3 Å². The molecule has 2 heterocycles. The number of fused-ring (bicyclic) bond motifs is 3. The highest BCUT2D eigenvalue weighted by Crippen LogP contribution is 2.40. The predicted octanol–water partition coefficient (Wildman–Crippen LogP) is 3.69. The molecule has 0 saturated carbocycles. The Labute approximate surface area is 204 Å². The molecule has 1 amide bonds. The molecule has 2 atom stereocenters. The lowest BCUT2D eigenvalue weighted by Gasteiger charge is -2.41. The molecule has 1 aliphatic rings. The van der Waals surface area contributed by atoms with Crippen LogP contribution in [0, 0.1) is 0 Å². The van der Waals surface area contributed by atoms with Gasteiger partial charge in [0.05, 0.1) is 12.5 Å². The van der Waals surface area contributed by atoms with Gasteiger partial charge in [-0.2, -0.15) is 0 Å². The van der Waals surface area contributed by atoms with Crippen LogP contribution in [0.2, 0.25) is 0 Å². The molecule has 0 spiro atoms. The number of ether oxygens (including phenoxy) is 3. The van der Waals surface area contributed by atoms with E-state index in [-0.39, 0.29) is 31.7 Å². The van der Waals surface area contributed by atoms with Gasteiger partial charge in [0.15, 0.2) is 6.29 Å². The molecule has 0 radical (unpaired) electrons. The van der Waals surface area contributed by atoms with Crippen LogP contribution >= 0.6 is 0 Å². The lowest BCUT2D eigenvalue weighted by atomic mass is 9.89. The summed E-state index contributed by atoms with van der Waals surface area (Å²) in [6.07, 6.45) is -0.374. The number of aromatic nitrogens is 1. The summed E-state index contributed by atoms with van der Waals surface area (Å²) < 4.78 is 16.6. The monoisotopic (exact) mass is 478 g/mol. The van der Waals surface area contributed by atoms with E-state index in [9.17, 15) is 14.4 Å². The van der Waals surface area contributed by atoms with Gasteiger partial charge in [0.2, 0.25) is 5.91 Å². The first-order chi connectivity index (χ1) is 16.9. The highest BCUT2D eigenvalue weighted by Gasteiger charge is 2.44. The SMILES string of the molecule is COC(CC1c2[nH]c3ccccc3c2C[C@@H](C(=O)OCc2ccccc2)N1C(=O)CC(C)=O)OC. The molecule has 8 heteroatoms. The van der Waals surface area contributed by atoms with Crippen molar-refractivity contribution in [3.05, 3.63) is 71.4 Å². The van der Waals surface area contributed by atoms with Crippen molar-refractivity contribution < 1.29 is 28.6 Å².